The Hall–Kier alpha value is -2.79. The normalized spacial score (nSPS) is 24.4. The van der Waals surface area contributed by atoms with Gasteiger partial charge in [0.25, 0.3) is 0 Å². The number of carbonyl (C=O) groups is 2. The summed E-state index contributed by atoms with van der Waals surface area (Å²) in [5, 5.41) is 15.8. The van der Waals surface area contributed by atoms with Crippen LogP contribution in [0.25, 0.3) is 0 Å². The van der Waals surface area contributed by atoms with Crippen molar-refractivity contribution >= 4 is 23.2 Å². The van der Waals surface area contributed by atoms with Crippen LogP contribution in [0, 0.1) is 5.92 Å². The molecule has 3 N–H and O–H groups in total. The van der Waals surface area contributed by atoms with Gasteiger partial charge < -0.3 is 25.2 Å². The first kappa shape index (κ1) is 20.9. The third kappa shape index (κ3) is 3.62. The number of urea groups is 1. The first-order chi connectivity index (χ1) is 13.6. The number of rotatable bonds is 5. The van der Waals surface area contributed by atoms with Gasteiger partial charge in [-0.05, 0) is 29.1 Å². The van der Waals surface area contributed by atoms with E-state index < -0.39 is 35.7 Å². The van der Waals surface area contributed by atoms with Crippen molar-refractivity contribution in [1.29, 1.82) is 0 Å². The minimum absolute atomic E-state index is 0.0149. The van der Waals surface area contributed by atoms with Gasteiger partial charge in [-0.2, -0.15) is 13.2 Å². The van der Waals surface area contributed by atoms with Gasteiger partial charge in [0.2, 0.25) is 5.72 Å². The molecule has 1 aromatic carbocycles. The van der Waals surface area contributed by atoms with E-state index in [1.807, 2.05) is 0 Å². The fourth-order valence-electron chi connectivity index (χ4n) is 3.24. The SMILES string of the molecule is COc1ccc([C@@H]2NC(=O)N[C@](O)(C(F)(F)F)[C@H]2C(=O)c2cccs2)cc1OC. The molecule has 0 radical (unpaired) electrons. The largest absolute Gasteiger partial charge is 0.493 e. The molecule has 0 spiro atoms. The van der Waals surface area contributed by atoms with Crippen molar-refractivity contribution in [2.24, 2.45) is 5.92 Å². The maximum atomic E-state index is 13.8. The molecule has 1 saturated heterocycles. The van der Waals surface area contributed by atoms with E-state index in [1.165, 1.54) is 55.2 Å². The summed E-state index contributed by atoms with van der Waals surface area (Å²) >= 11 is 0.935. The molecule has 3 atom stereocenters. The third-order valence-electron chi connectivity index (χ3n) is 4.62. The molecule has 29 heavy (non-hydrogen) atoms. The summed E-state index contributed by atoms with van der Waals surface area (Å²) in [5.74, 6) is -2.55. The van der Waals surface area contributed by atoms with Gasteiger partial charge in [0.05, 0.1) is 25.1 Å². The highest BCUT2D eigenvalue weighted by Gasteiger charge is 2.66. The number of aliphatic hydroxyl groups is 1. The number of Topliss-reactive ketones (excluding diaryl/α,β-unsaturated/α-hetero) is 1. The second-order valence-corrected chi connectivity index (χ2v) is 7.22. The summed E-state index contributed by atoms with van der Waals surface area (Å²) in [6.07, 6.45) is -5.31. The van der Waals surface area contributed by atoms with Crippen molar-refractivity contribution in [3.63, 3.8) is 0 Å². The lowest BCUT2D eigenvalue weighted by Gasteiger charge is -2.44. The quantitative estimate of drug-likeness (QED) is 0.634. The summed E-state index contributed by atoms with van der Waals surface area (Å²) in [7, 11) is 2.72. The van der Waals surface area contributed by atoms with E-state index in [9.17, 15) is 27.9 Å². The van der Waals surface area contributed by atoms with Gasteiger partial charge in [0.15, 0.2) is 17.3 Å². The van der Waals surface area contributed by atoms with Crippen molar-refractivity contribution in [2.75, 3.05) is 14.2 Å². The van der Waals surface area contributed by atoms with Crippen LogP contribution in [-0.2, 0) is 0 Å². The average Bonchev–Trinajstić information content (AvgIpc) is 3.20. The highest BCUT2D eigenvalue weighted by atomic mass is 32.1. The van der Waals surface area contributed by atoms with E-state index in [2.05, 4.69) is 5.32 Å². The molecule has 0 saturated carbocycles. The summed E-state index contributed by atoms with van der Waals surface area (Å²) in [5.41, 5.74) is -3.64. The zero-order valence-electron chi connectivity index (χ0n) is 15.2. The number of ether oxygens (including phenoxy) is 2. The van der Waals surface area contributed by atoms with Crippen molar-refractivity contribution in [3.05, 3.63) is 46.2 Å². The smallest absolute Gasteiger partial charge is 0.437 e. The highest BCUT2D eigenvalue weighted by molar-refractivity contribution is 7.12. The molecule has 0 bridgehead atoms. The van der Waals surface area contributed by atoms with Crippen molar-refractivity contribution in [1.82, 2.24) is 10.6 Å². The Morgan fingerprint density at radius 3 is 2.45 bits per heavy atom. The number of thiophene rings is 1. The summed E-state index contributed by atoms with van der Waals surface area (Å²) in [6, 6.07) is 4.28. The number of ketones is 1. The Morgan fingerprint density at radius 1 is 1.21 bits per heavy atom. The lowest BCUT2D eigenvalue weighted by molar-refractivity contribution is -0.287. The first-order valence-electron chi connectivity index (χ1n) is 8.29. The highest BCUT2D eigenvalue weighted by Crippen LogP contribution is 2.45. The van der Waals surface area contributed by atoms with E-state index in [4.69, 9.17) is 9.47 Å². The number of methoxy groups -OCH3 is 2. The number of benzene rings is 1. The molecular weight excluding hydrogens is 413 g/mol. The molecule has 1 aromatic heterocycles. The molecule has 0 aliphatic carbocycles. The molecule has 156 valence electrons. The van der Waals surface area contributed by atoms with Gasteiger partial charge >= 0.3 is 12.2 Å². The summed E-state index contributed by atoms with van der Waals surface area (Å²) < 4.78 is 51.7. The number of alkyl halides is 3. The fourth-order valence-corrected chi connectivity index (χ4v) is 3.94. The molecule has 0 unspecified atom stereocenters. The first-order valence-corrected chi connectivity index (χ1v) is 9.17. The second kappa shape index (κ2) is 7.56. The van der Waals surface area contributed by atoms with E-state index in [0.29, 0.717) is 5.75 Å². The van der Waals surface area contributed by atoms with Crippen LogP contribution in [0.2, 0.25) is 0 Å². The maximum absolute atomic E-state index is 13.8. The molecule has 1 aliphatic heterocycles. The van der Waals surface area contributed by atoms with E-state index in [-0.39, 0.29) is 16.2 Å². The Balaban J connectivity index is 2.17. The van der Waals surface area contributed by atoms with E-state index in [1.54, 1.807) is 0 Å². The molecule has 7 nitrogen and oxygen atoms in total. The van der Waals surface area contributed by atoms with Crippen molar-refractivity contribution < 1.29 is 37.3 Å². The topological polar surface area (TPSA) is 96.9 Å². The van der Waals surface area contributed by atoms with Crippen molar-refractivity contribution in [2.45, 2.75) is 17.9 Å². The Bertz CT molecular complexity index is 919. The maximum Gasteiger partial charge on any atom is 0.437 e. The number of hydrogen-bond donors (Lipinski definition) is 3. The lowest BCUT2D eigenvalue weighted by atomic mass is 9.78. The van der Waals surface area contributed by atoms with Gasteiger partial charge in [0.1, 0.15) is 5.92 Å². The molecule has 11 heteroatoms. The van der Waals surface area contributed by atoms with Crippen LogP contribution >= 0.6 is 11.3 Å². The predicted octanol–water partition coefficient (Wildman–Crippen LogP) is 2.87. The van der Waals surface area contributed by atoms with Gasteiger partial charge in [0, 0.05) is 0 Å². The van der Waals surface area contributed by atoms with Crippen molar-refractivity contribution in [3.8, 4) is 11.5 Å². The zero-order chi connectivity index (χ0) is 21.4. The van der Waals surface area contributed by atoms with Gasteiger partial charge in [-0.3, -0.25) is 4.79 Å². The standard InChI is InChI=1S/C18H17F3N2O5S/c1-27-10-6-5-9(8-11(10)28-2)14-13(15(24)12-4-3-7-29-12)17(26,18(19,20)21)23-16(25)22-14/h3-8,13-14,26H,1-2H3,(H2,22,23,25)/t13-,14+,17-/m1/s1. The van der Waals surface area contributed by atoms with Crippen LogP contribution in [-0.4, -0.2) is 43.0 Å². The molecule has 2 heterocycles. The minimum atomic E-state index is -5.31. The number of amides is 2. The minimum Gasteiger partial charge on any atom is -0.493 e. The number of nitrogens with one attached hydrogen (secondary N) is 2. The molecule has 2 amide bonds. The lowest BCUT2D eigenvalue weighted by Crippen LogP contribution is -2.72. The Kier molecular flexibility index (Phi) is 5.46. The Labute approximate surface area is 167 Å². The monoisotopic (exact) mass is 430 g/mol. The van der Waals surface area contributed by atoms with Crippen LogP contribution in [0.15, 0.2) is 35.7 Å². The fraction of sp³-hybridized carbons (Fsp3) is 0.333. The average molecular weight is 430 g/mol. The summed E-state index contributed by atoms with van der Waals surface area (Å²) in [6.45, 7) is 0. The zero-order valence-corrected chi connectivity index (χ0v) is 16.1. The second-order valence-electron chi connectivity index (χ2n) is 6.27. The van der Waals surface area contributed by atoms with Gasteiger partial charge in [-0.1, -0.05) is 12.1 Å². The van der Waals surface area contributed by atoms with Gasteiger partial charge in [-0.25, -0.2) is 4.79 Å². The Morgan fingerprint density at radius 2 is 1.90 bits per heavy atom. The molecular formula is C18H17F3N2O5S. The number of carbonyl (C=O) groups excluding carboxylic acids is 2. The van der Waals surface area contributed by atoms with E-state index in [0.717, 1.165) is 11.3 Å². The van der Waals surface area contributed by atoms with Gasteiger partial charge in [-0.15, -0.1) is 11.3 Å². The molecule has 1 aliphatic rings. The van der Waals surface area contributed by atoms with E-state index >= 15 is 0 Å². The van der Waals surface area contributed by atoms with Crippen LogP contribution in [0.1, 0.15) is 21.3 Å². The van der Waals surface area contributed by atoms with Crippen LogP contribution < -0.4 is 20.1 Å². The van der Waals surface area contributed by atoms with Crippen LogP contribution in [0.3, 0.4) is 0 Å². The predicted molar refractivity (Wildman–Crippen MR) is 97.1 cm³/mol. The molecule has 2 aromatic rings. The van der Waals surface area contributed by atoms with Crippen LogP contribution in [0.4, 0.5) is 18.0 Å². The number of halogens is 3. The number of hydrogen-bond acceptors (Lipinski definition) is 6. The van der Waals surface area contributed by atoms with Crippen LogP contribution in [0.5, 0.6) is 11.5 Å². The third-order valence-corrected chi connectivity index (χ3v) is 5.50. The molecule has 1 fully saturated rings. The summed E-state index contributed by atoms with van der Waals surface area (Å²) in [4.78, 5) is 25.0. The molecule has 3 rings (SSSR count).